The minimum atomic E-state index is 0.355. The first-order valence-corrected chi connectivity index (χ1v) is 5.83. The molecule has 0 aromatic carbocycles. The molecule has 0 saturated carbocycles. The van der Waals surface area contributed by atoms with Crippen molar-refractivity contribution in [3.63, 3.8) is 0 Å². The van der Waals surface area contributed by atoms with Crippen molar-refractivity contribution in [2.45, 2.75) is 13.3 Å². The molecular weight excluding hydrogens is 164 g/mol. The highest BCUT2D eigenvalue weighted by atomic mass is 32.2. The Morgan fingerprint density at radius 3 is 2.60 bits per heavy atom. The Kier molecular flexibility index (Phi) is 3.63. The number of Topliss-reactive ketones (excluding diaryl/α,β-unsaturated/α-hetero) is 1. The van der Waals surface area contributed by atoms with Crippen LogP contribution in [-0.4, -0.2) is 22.4 Å². The summed E-state index contributed by atoms with van der Waals surface area (Å²) in [4.78, 5) is 11.1. The monoisotopic (exact) mass is 176 g/mol. The fourth-order valence-corrected chi connectivity index (χ4v) is 3.53. The Labute approximate surface area is 70.3 Å². The summed E-state index contributed by atoms with van der Waals surface area (Å²) < 4.78 is 0. The largest absolute Gasteiger partial charge is 0.299 e. The van der Waals surface area contributed by atoms with Crippen molar-refractivity contribution < 1.29 is 4.79 Å². The van der Waals surface area contributed by atoms with Crippen LogP contribution in [0.2, 0.25) is 0 Å². The highest BCUT2D eigenvalue weighted by molar-refractivity contribution is 8.16. The van der Waals surface area contributed by atoms with E-state index in [-0.39, 0.29) is 0 Å². The first kappa shape index (κ1) is 8.47. The van der Waals surface area contributed by atoms with Gasteiger partial charge >= 0.3 is 0 Å². The molecule has 1 nitrogen and oxygen atoms in total. The maximum Gasteiger partial charge on any atom is 0.137 e. The second-order valence-corrected chi connectivity index (χ2v) is 4.80. The lowest BCUT2D eigenvalue weighted by Crippen LogP contribution is -2.21. The van der Waals surface area contributed by atoms with E-state index in [2.05, 4.69) is 0 Å². The minimum Gasteiger partial charge on any atom is -0.299 e. The molecular formula is C7H12OS2. The van der Waals surface area contributed by atoms with Gasteiger partial charge in [-0.3, -0.25) is 4.79 Å². The Hall–Kier alpha value is 0.370. The van der Waals surface area contributed by atoms with E-state index in [1.54, 1.807) is 0 Å². The summed E-state index contributed by atoms with van der Waals surface area (Å²) >= 11 is 3.78. The quantitative estimate of drug-likeness (QED) is 0.641. The predicted octanol–water partition coefficient (Wildman–Crippen LogP) is 2.02. The third-order valence-electron chi connectivity index (χ3n) is 1.61. The molecule has 0 radical (unpaired) electrons. The van der Waals surface area contributed by atoms with Gasteiger partial charge in [0.1, 0.15) is 5.78 Å². The van der Waals surface area contributed by atoms with Crippen molar-refractivity contribution in [3.05, 3.63) is 0 Å². The van der Waals surface area contributed by atoms with Crippen LogP contribution >= 0.6 is 23.5 Å². The van der Waals surface area contributed by atoms with Crippen LogP contribution in [-0.2, 0) is 4.79 Å². The van der Waals surface area contributed by atoms with Gasteiger partial charge in [0.2, 0.25) is 0 Å². The second kappa shape index (κ2) is 4.29. The number of carbonyl (C=O) groups excluding carboxylic acids is 1. The van der Waals surface area contributed by atoms with E-state index in [0.29, 0.717) is 18.1 Å². The Bertz CT molecular complexity index is 119. The summed E-state index contributed by atoms with van der Waals surface area (Å²) in [6.07, 6.45) is 0.714. The summed E-state index contributed by atoms with van der Waals surface area (Å²) in [5, 5.41) is 1.17. The lowest BCUT2D eigenvalue weighted by Gasteiger charge is -2.18. The van der Waals surface area contributed by atoms with Crippen molar-refractivity contribution in [3.8, 4) is 0 Å². The number of hydrogen-bond donors (Lipinski definition) is 0. The van der Waals surface area contributed by atoms with Gasteiger partial charge in [0.25, 0.3) is 0 Å². The van der Waals surface area contributed by atoms with Gasteiger partial charge in [0.15, 0.2) is 0 Å². The predicted molar refractivity (Wildman–Crippen MR) is 48.6 cm³/mol. The summed E-state index contributed by atoms with van der Waals surface area (Å²) in [7, 11) is 0. The van der Waals surface area contributed by atoms with Crippen LogP contribution in [0.3, 0.4) is 0 Å². The Morgan fingerprint density at radius 1 is 1.50 bits per heavy atom. The normalized spacial score (nSPS) is 20.9. The topological polar surface area (TPSA) is 17.1 Å². The minimum absolute atomic E-state index is 0.355. The highest BCUT2D eigenvalue weighted by Gasteiger charge is 2.19. The number of carbonyl (C=O) groups is 1. The van der Waals surface area contributed by atoms with Gasteiger partial charge in [-0.05, 0) is 0 Å². The molecule has 0 bridgehead atoms. The van der Waals surface area contributed by atoms with Crippen LogP contribution in [0.15, 0.2) is 0 Å². The maximum atomic E-state index is 11.1. The van der Waals surface area contributed by atoms with E-state index in [9.17, 15) is 4.79 Å². The number of hydrogen-bond acceptors (Lipinski definition) is 3. The van der Waals surface area contributed by atoms with E-state index >= 15 is 0 Å². The molecule has 1 aliphatic heterocycles. The molecule has 0 spiro atoms. The van der Waals surface area contributed by atoms with E-state index in [1.807, 2.05) is 30.4 Å². The molecule has 58 valence electrons. The molecule has 0 unspecified atom stereocenters. The molecule has 1 heterocycles. The summed E-state index contributed by atoms with van der Waals surface area (Å²) in [6.45, 7) is 1.95. The van der Waals surface area contributed by atoms with Gasteiger partial charge in [-0.1, -0.05) is 6.92 Å². The van der Waals surface area contributed by atoms with Gasteiger partial charge in [0.05, 0.1) is 0 Å². The SMILES string of the molecule is CCC(=O)C1CSCSC1. The average molecular weight is 176 g/mol. The fraction of sp³-hybridized carbons (Fsp3) is 0.857. The molecule has 0 aromatic heterocycles. The Balaban J connectivity index is 2.31. The standard InChI is InChI=1S/C7H12OS2/c1-2-7(8)6-3-9-5-10-4-6/h6H,2-5H2,1H3. The molecule has 10 heavy (non-hydrogen) atoms. The van der Waals surface area contributed by atoms with E-state index < -0.39 is 0 Å². The van der Waals surface area contributed by atoms with Gasteiger partial charge in [0, 0.05) is 28.9 Å². The molecule has 1 rings (SSSR count). The number of rotatable bonds is 2. The maximum absolute atomic E-state index is 11.1. The number of ketones is 1. The fourth-order valence-electron chi connectivity index (χ4n) is 0.962. The summed E-state index contributed by atoms with van der Waals surface area (Å²) in [5.41, 5.74) is 0. The molecule has 1 fully saturated rings. The van der Waals surface area contributed by atoms with Crippen LogP contribution in [0.25, 0.3) is 0 Å². The van der Waals surface area contributed by atoms with E-state index in [0.717, 1.165) is 11.5 Å². The zero-order valence-electron chi connectivity index (χ0n) is 6.13. The van der Waals surface area contributed by atoms with E-state index in [1.165, 1.54) is 5.08 Å². The first-order valence-electron chi connectivity index (χ1n) is 3.52. The molecule has 0 aromatic rings. The second-order valence-electron chi connectivity index (χ2n) is 2.38. The molecule has 1 saturated heterocycles. The molecule has 1 aliphatic rings. The van der Waals surface area contributed by atoms with Crippen LogP contribution in [0.1, 0.15) is 13.3 Å². The molecule has 0 N–H and O–H groups in total. The zero-order valence-corrected chi connectivity index (χ0v) is 7.76. The van der Waals surface area contributed by atoms with Gasteiger partial charge in [-0.15, -0.1) is 0 Å². The summed E-state index contributed by atoms with van der Waals surface area (Å²) in [6, 6.07) is 0. The Morgan fingerprint density at radius 2 is 2.10 bits per heavy atom. The number of thioether (sulfide) groups is 2. The smallest absolute Gasteiger partial charge is 0.137 e. The molecule has 0 atom stereocenters. The van der Waals surface area contributed by atoms with Crippen molar-refractivity contribution >= 4 is 29.3 Å². The van der Waals surface area contributed by atoms with Crippen molar-refractivity contribution in [2.24, 2.45) is 5.92 Å². The van der Waals surface area contributed by atoms with Crippen molar-refractivity contribution in [1.29, 1.82) is 0 Å². The molecule has 0 aliphatic carbocycles. The third-order valence-corrected chi connectivity index (χ3v) is 4.22. The molecule has 3 heteroatoms. The van der Waals surface area contributed by atoms with Gasteiger partial charge < -0.3 is 0 Å². The average Bonchev–Trinajstić information content (AvgIpc) is 2.05. The molecule has 0 amide bonds. The highest BCUT2D eigenvalue weighted by Crippen LogP contribution is 2.26. The van der Waals surface area contributed by atoms with Crippen LogP contribution in [0.5, 0.6) is 0 Å². The summed E-state index contributed by atoms with van der Waals surface area (Å²) in [5.74, 6) is 2.91. The van der Waals surface area contributed by atoms with Crippen molar-refractivity contribution in [1.82, 2.24) is 0 Å². The van der Waals surface area contributed by atoms with Gasteiger partial charge in [-0.25, -0.2) is 0 Å². The van der Waals surface area contributed by atoms with Crippen LogP contribution < -0.4 is 0 Å². The van der Waals surface area contributed by atoms with Crippen LogP contribution in [0.4, 0.5) is 0 Å². The van der Waals surface area contributed by atoms with Gasteiger partial charge in [-0.2, -0.15) is 23.5 Å². The third kappa shape index (κ3) is 2.20. The zero-order chi connectivity index (χ0) is 7.40. The first-order chi connectivity index (χ1) is 4.84. The van der Waals surface area contributed by atoms with E-state index in [4.69, 9.17) is 0 Å². The lowest BCUT2D eigenvalue weighted by atomic mass is 10.1. The van der Waals surface area contributed by atoms with Crippen LogP contribution in [0, 0.1) is 5.92 Å². The lowest BCUT2D eigenvalue weighted by molar-refractivity contribution is -0.121. The van der Waals surface area contributed by atoms with Crippen molar-refractivity contribution in [2.75, 3.05) is 16.6 Å².